The van der Waals surface area contributed by atoms with Crippen LogP contribution in [0.4, 0.5) is 0 Å². The van der Waals surface area contributed by atoms with E-state index in [1.165, 1.54) is 48.5 Å². The molecule has 4 aromatic heterocycles. The van der Waals surface area contributed by atoms with Crippen LogP contribution in [0.3, 0.4) is 0 Å². The normalized spacial score (nSPS) is 12.0. The Bertz CT molecular complexity index is 4930. The number of furan rings is 1. The molecule has 0 bridgehead atoms. The number of benzene rings is 12. The third-order valence-corrected chi connectivity index (χ3v) is 15.3. The summed E-state index contributed by atoms with van der Waals surface area (Å²) in [6, 6.07) is 88.9. The Labute approximate surface area is 429 Å². The highest BCUT2D eigenvalue weighted by molar-refractivity contribution is 6.26. The highest BCUT2D eigenvalue weighted by Gasteiger charge is 2.21. The summed E-state index contributed by atoms with van der Waals surface area (Å²) in [6.07, 6.45) is 0. The monoisotopic (exact) mass is 955 g/mol. The molecule has 75 heavy (non-hydrogen) atoms. The Balaban J connectivity index is 0.835. The first kappa shape index (κ1) is 41.4. The molecule has 0 aliphatic rings. The number of rotatable bonds is 6. The Morgan fingerprint density at radius 3 is 1.33 bits per heavy atom. The smallest absolute Gasteiger partial charge is 0.164 e. The molecule has 0 saturated carbocycles. The molecule has 0 N–H and O–H groups in total. The minimum Gasteiger partial charge on any atom is -0.455 e. The zero-order valence-corrected chi connectivity index (χ0v) is 40.3. The predicted molar refractivity (Wildman–Crippen MR) is 310 cm³/mol. The third kappa shape index (κ3) is 6.36. The summed E-state index contributed by atoms with van der Waals surface area (Å²) in [5.74, 6) is 1.93. The molecule has 0 spiro atoms. The van der Waals surface area contributed by atoms with Gasteiger partial charge in [-0.05, 0) is 105 Å². The second-order valence-corrected chi connectivity index (χ2v) is 19.5. The summed E-state index contributed by atoms with van der Waals surface area (Å²) >= 11 is 0. The van der Waals surface area contributed by atoms with Gasteiger partial charge in [-0.3, -0.25) is 0 Å². The zero-order chi connectivity index (χ0) is 49.1. The van der Waals surface area contributed by atoms with Crippen LogP contribution in [0, 0.1) is 0 Å². The molecule has 6 nitrogen and oxygen atoms in total. The molecule has 0 saturated heterocycles. The van der Waals surface area contributed by atoms with Crippen molar-refractivity contribution >= 4 is 97.9 Å². The van der Waals surface area contributed by atoms with Gasteiger partial charge in [-0.15, -0.1) is 0 Å². The van der Waals surface area contributed by atoms with Gasteiger partial charge in [-0.2, -0.15) is 0 Å². The Morgan fingerprint density at radius 2 is 0.680 bits per heavy atom. The van der Waals surface area contributed by atoms with Crippen LogP contribution < -0.4 is 0 Å². The SMILES string of the molecule is c1ccc(-c2nc(-c3ccccc3)nc(-c3ccc4c5ccc(-n6c7ccccc7c7cc(-n8c9ccccc9c9cc(-c%10cccc%11c%10oc%10ccccc%10%11)ccc98)ccc76)cc5c5ccccc5c4c3)n2)cc1. The molecule has 4 heterocycles. The van der Waals surface area contributed by atoms with Crippen molar-refractivity contribution in [3.63, 3.8) is 0 Å². The van der Waals surface area contributed by atoms with Crippen LogP contribution in [0.5, 0.6) is 0 Å². The van der Waals surface area contributed by atoms with Gasteiger partial charge in [0.25, 0.3) is 0 Å². The van der Waals surface area contributed by atoms with Crippen molar-refractivity contribution in [1.29, 1.82) is 0 Å². The number of hydrogen-bond donors (Lipinski definition) is 0. The van der Waals surface area contributed by atoms with E-state index in [1.54, 1.807) is 0 Å². The highest BCUT2D eigenvalue weighted by Crippen LogP contribution is 2.43. The maximum Gasteiger partial charge on any atom is 0.164 e. The lowest BCUT2D eigenvalue weighted by atomic mass is 9.93. The molecule has 16 aromatic rings. The molecule has 0 amide bonds. The molecule has 0 atom stereocenters. The number of fused-ring (bicyclic) bond motifs is 15. The van der Waals surface area contributed by atoms with E-state index < -0.39 is 0 Å². The van der Waals surface area contributed by atoms with Crippen molar-refractivity contribution in [1.82, 2.24) is 24.1 Å². The molecule has 0 aliphatic carbocycles. The van der Waals surface area contributed by atoms with Crippen molar-refractivity contribution in [2.24, 2.45) is 0 Å². The Morgan fingerprint density at radius 1 is 0.253 bits per heavy atom. The average Bonchev–Trinajstić information content (AvgIpc) is 4.18. The van der Waals surface area contributed by atoms with Gasteiger partial charge < -0.3 is 13.6 Å². The molecular formula is C69H41N5O. The summed E-state index contributed by atoms with van der Waals surface area (Å²) in [7, 11) is 0. The van der Waals surface area contributed by atoms with Gasteiger partial charge in [0.2, 0.25) is 0 Å². The average molecular weight is 956 g/mol. The van der Waals surface area contributed by atoms with Crippen LogP contribution in [-0.4, -0.2) is 24.1 Å². The molecule has 12 aromatic carbocycles. The van der Waals surface area contributed by atoms with Crippen molar-refractivity contribution in [2.45, 2.75) is 0 Å². The first-order valence-electron chi connectivity index (χ1n) is 25.4. The number of para-hydroxylation sites is 4. The van der Waals surface area contributed by atoms with Crippen LogP contribution in [0.25, 0.3) is 155 Å². The first-order chi connectivity index (χ1) is 37.2. The molecule has 0 aliphatic heterocycles. The summed E-state index contributed by atoms with van der Waals surface area (Å²) in [6.45, 7) is 0. The van der Waals surface area contributed by atoms with E-state index in [9.17, 15) is 0 Å². The maximum atomic E-state index is 6.51. The van der Waals surface area contributed by atoms with Gasteiger partial charge in [-0.25, -0.2) is 15.0 Å². The molecule has 6 heteroatoms. The van der Waals surface area contributed by atoms with Crippen LogP contribution >= 0.6 is 0 Å². The van der Waals surface area contributed by atoms with Crippen LogP contribution in [0.15, 0.2) is 253 Å². The molecule has 16 rings (SSSR count). The van der Waals surface area contributed by atoms with Gasteiger partial charge in [0, 0.05) is 65.9 Å². The van der Waals surface area contributed by atoms with Gasteiger partial charge in [0.1, 0.15) is 11.2 Å². The first-order valence-corrected chi connectivity index (χ1v) is 25.4. The summed E-state index contributed by atoms with van der Waals surface area (Å²) in [5.41, 5.74) is 13.7. The second kappa shape index (κ2) is 16.2. The van der Waals surface area contributed by atoms with E-state index in [1.807, 2.05) is 72.8 Å². The fraction of sp³-hybridized carbons (Fsp3) is 0. The van der Waals surface area contributed by atoms with E-state index in [0.29, 0.717) is 17.5 Å². The van der Waals surface area contributed by atoms with E-state index in [4.69, 9.17) is 19.4 Å². The number of aromatic nitrogens is 5. The Hall–Kier alpha value is -10.2. The van der Waals surface area contributed by atoms with Crippen molar-refractivity contribution < 1.29 is 4.42 Å². The summed E-state index contributed by atoms with van der Waals surface area (Å²) < 4.78 is 11.4. The largest absolute Gasteiger partial charge is 0.455 e. The van der Waals surface area contributed by atoms with E-state index in [2.05, 4.69) is 185 Å². The highest BCUT2D eigenvalue weighted by atomic mass is 16.3. The quantitative estimate of drug-likeness (QED) is 0.156. The van der Waals surface area contributed by atoms with Crippen LogP contribution in [-0.2, 0) is 0 Å². The van der Waals surface area contributed by atoms with E-state index in [-0.39, 0.29) is 0 Å². The molecule has 0 radical (unpaired) electrons. The summed E-state index contributed by atoms with van der Waals surface area (Å²) in [5, 5.41) is 14.2. The Kier molecular flexibility index (Phi) is 8.94. The molecular weight excluding hydrogens is 915 g/mol. The lowest BCUT2D eigenvalue weighted by Crippen LogP contribution is -2.00. The lowest BCUT2D eigenvalue weighted by molar-refractivity contribution is 0.670. The van der Waals surface area contributed by atoms with E-state index >= 15 is 0 Å². The van der Waals surface area contributed by atoms with Gasteiger partial charge in [0.05, 0.1) is 22.1 Å². The van der Waals surface area contributed by atoms with Crippen molar-refractivity contribution in [3.05, 3.63) is 249 Å². The van der Waals surface area contributed by atoms with Crippen LogP contribution in [0.2, 0.25) is 0 Å². The molecule has 0 fully saturated rings. The third-order valence-electron chi connectivity index (χ3n) is 15.3. The second-order valence-electron chi connectivity index (χ2n) is 19.5. The zero-order valence-electron chi connectivity index (χ0n) is 40.3. The van der Waals surface area contributed by atoms with Crippen molar-refractivity contribution in [3.8, 4) is 56.7 Å². The van der Waals surface area contributed by atoms with E-state index in [0.717, 1.165) is 88.6 Å². The molecule has 348 valence electrons. The fourth-order valence-electron chi connectivity index (χ4n) is 11.9. The fourth-order valence-corrected chi connectivity index (χ4v) is 11.9. The standard InChI is InChI=1S/C69H41N5O/c1-3-16-42(17-4-1)67-70-68(43-18-5-2-6-19-43)72-69(71-67)45-30-34-51-52-35-32-46(40-58(52)50-21-8-7-20-49(50)57(51)39-45)73-62-28-13-10-23-54(62)60-41-47(33-37-64(60)73)74-61-27-12-9-22-53(61)59-38-44(31-36-63(59)74)48-25-15-26-56-55-24-11-14-29-65(55)75-66(48)56/h1-41H. The maximum absolute atomic E-state index is 6.51. The number of nitrogens with zero attached hydrogens (tertiary/aromatic N) is 5. The minimum atomic E-state index is 0.638. The van der Waals surface area contributed by atoms with Crippen molar-refractivity contribution in [2.75, 3.05) is 0 Å². The minimum absolute atomic E-state index is 0.638. The topological polar surface area (TPSA) is 61.7 Å². The number of hydrogen-bond acceptors (Lipinski definition) is 4. The summed E-state index contributed by atoms with van der Waals surface area (Å²) in [4.78, 5) is 15.1. The molecule has 0 unspecified atom stereocenters. The van der Waals surface area contributed by atoms with Gasteiger partial charge in [-0.1, -0.05) is 182 Å². The lowest BCUT2D eigenvalue weighted by Gasteiger charge is -2.15. The predicted octanol–water partition coefficient (Wildman–Crippen LogP) is 18.1. The van der Waals surface area contributed by atoms with Crippen LogP contribution in [0.1, 0.15) is 0 Å². The van der Waals surface area contributed by atoms with Gasteiger partial charge >= 0.3 is 0 Å². The van der Waals surface area contributed by atoms with Gasteiger partial charge in [0.15, 0.2) is 17.5 Å².